The Bertz CT molecular complexity index is 954. The smallest absolute Gasteiger partial charge is 0.246 e. The number of amides is 2. The average molecular weight is 378 g/mol. The van der Waals surface area contributed by atoms with Crippen molar-refractivity contribution in [3.63, 3.8) is 0 Å². The largest absolute Gasteiger partial charge is 0.335 e. The Balaban J connectivity index is 1.56. The van der Waals surface area contributed by atoms with Crippen LogP contribution in [0, 0.1) is 0 Å². The van der Waals surface area contributed by atoms with Gasteiger partial charge in [0.25, 0.3) is 0 Å². The van der Waals surface area contributed by atoms with Crippen LogP contribution < -0.4 is 5.32 Å². The van der Waals surface area contributed by atoms with Gasteiger partial charge >= 0.3 is 0 Å². The minimum absolute atomic E-state index is 0.0584. The molecule has 0 fully saturated rings. The topological polar surface area (TPSA) is 93.0 Å². The molecule has 0 unspecified atom stereocenters. The lowest BCUT2D eigenvalue weighted by molar-refractivity contribution is -0.134. The number of aromatic nitrogens is 4. The van der Waals surface area contributed by atoms with Crippen LogP contribution in [0.5, 0.6) is 0 Å². The van der Waals surface area contributed by atoms with Crippen LogP contribution in [0.4, 0.5) is 5.69 Å². The molecule has 3 aromatic rings. The average Bonchev–Trinajstić information content (AvgIpc) is 3.17. The van der Waals surface area contributed by atoms with E-state index in [4.69, 9.17) is 0 Å². The van der Waals surface area contributed by atoms with E-state index >= 15 is 0 Å². The zero-order chi connectivity index (χ0) is 19.9. The number of aryl methyl sites for hydroxylation is 1. The third-order valence-electron chi connectivity index (χ3n) is 4.24. The van der Waals surface area contributed by atoms with Gasteiger partial charge in [0, 0.05) is 18.3 Å². The van der Waals surface area contributed by atoms with Gasteiger partial charge in [-0.15, -0.1) is 10.2 Å². The first-order chi connectivity index (χ1) is 13.6. The summed E-state index contributed by atoms with van der Waals surface area (Å²) in [6, 6.07) is 17.0. The number of likely N-dealkylation sites (N-methyl/N-ethyl adjacent to an activating group) is 1. The predicted octanol–water partition coefficient (Wildman–Crippen LogP) is 2.00. The molecule has 0 spiro atoms. The van der Waals surface area contributed by atoms with E-state index in [2.05, 4.69) is 20.7 Å². The van der Waals surface area contributed by atoms with Gasteiger partial charge in [-0.05, 0) is 23.3 Å². The molecule has 8 nitrogen and oxygen atoms in total. The third-order valence-corrected chi connectivity index (χ3v) is 4.24. The van der Waals surface area contributed by atoms with E-state index in [0.717, 1.165) is 23.2 Å². The second-order valence-corrected chi connectivity index (χ2v) is 6.32. The summed E-state index contributed by atoms with van der Waals surface area (Å²) in [6.45, 7) is 1.88. The highest BCUT2D eigenvalue weighted by molar-refractivity contribution is 5.95. The first kappa shape index (κ1) is 19.2. The summed E-state index contributed by atoms with van der Waals surface area (Å²) in [5.74, 6) is -0.0887. The van der Waals surface area contributed by atoms with E-state index in [1.807, 2.05) is 61.5 Å². The first-order valence-corrected chi connectivity index (χ1v) is 9.01. The molecule has 0 radical (unpaired) electrons. The number of hydrogen-bond acceptors (Lipinski definition) is 5. The van der Waals surface area contributed by atoms with Crippen molar-refractivity contribution < 1.29 is 9.59 Å². The molecule has 8 heteroatoms. The van der Waals surface area contributed by atoms with Gasteiger partial charge in [-0.2, -0.15) is 4.80 Å². The van der Waals surface area contributed by atoms with Crippen LogP contribution >= 0.6 is 0 Å². The fourth-order valence-electron chi connectivity index (χ4n) is 2.70. The van der Waals surface area contributed by atoms with Crippen LogP contribution in [0.3, 0.4) is 0 Å². The zero-order valence-electron chi connectivity index (χ0n) is 15.9. The van der Waals surface area contributed by atoms with Crippen LogP contribution in [-0.4, -0.2) is 50.5 Å². The van der Waals surface area contributed by atoms with Gasteiger partial charge in [-0.25, -0.2) is 0 Å². The molecule has 1 N–H and O–H groups in total. The summed E-state index contributed by atoms with van der Waals surface area (Å²) in [6.07, 6.45) is 0.812. The SMILES string of the molecule is CCc1ccccc1NC(=O)CN(C)C(=O)Cn1nnc(-c2ccccc2)n1. The minimum atomic E-state index is -0.282. The normalized spacial score (nSPS) is 10.5. The van der Waals surface area contributed by atoms with E-state index < -0.39 is 0 Å². The van der Waals surface area contributed by atoms with Crippen LogP contribution in [0.1, 0.15) is 12.5 Å². The second-order valence-electron chi connectivity index (χ2n) is 6.32. The van der Waals surface area contributed by atoms with Crippen molar-refractivity contribution in [1.29, 1.82) is 0 Å². The highest BCUT2D eigenvalue weighted by Gasteiger charge is 2.16. The first-order valence-electron chi connectivity index (χ1n) is 9.01. The van der Waals surface area contributed by atoms with E-state index in [1.165, 1.54) is 9.70 Å². The number of para-hydroxylation sites is 1. The maximum atomic E-state index is 12.4. The number of carbonyl (C=O) groups is 2. The zero-order valence-corrected chi connectivity index (χ0v) is 15.9. The van der Waals surface area contributed by atoms with E-state index in [-0.39, 0.29) is 24.9 Å². The van der Waals surface area contributed by atoms with Gasteiger partial charge in [-0.1, -0.05) is 55.5 Å². The molecule has 28 heavy (non-hydrogen) atoms. The highest BCUT2D eigenvalue weighted by atomic mass is 16.2. The molecule has 2 aromatic carbocycles. The molecule has 1 aromatic heterocycles. The molecule has 0 bridgehead atoms. The Kier molecular flexibility index (Phi) is 6.11. The Morgan fingerprint density at radius 2 is 1.79 bits per heavy atom. The van der Waals surface area contributed by atoms with Gasteiger partial charge in [0.15, 0.2) is 0 Å². The van der Waals surface area contributed by atoms with Crippen molar-refractivity contribution in [3.05, 3.63) is 60.2 Å². The fraction of sp³-hybridized carbons (Fsp3) is 0.250. The second kappa shape index (κ2) is 8.90. The van der Waals surface area contributed by atoms with Crippen molar-refractivity contribution in [2.24, 2.45) is 0 Å². The minimum Gasteiger partial charge on any atom is -0.335 e. The van der Waals surface area contributed by atoms with Crippen LogP contribution in [-0.2, 0) is 22.6 Å². The number of hydrogen-bond donors (Lipinski definition) is 1. The number of nitrogens with one attached hydrogen (secondary N) is 1. The van der Waals surface area contributed by atoms with Crippen LogP contribution in [0.15, 0.2) is 54.6 Å². The Labute approximate surface area is 163 Å². The number of rotatable bonds is 7. The molecule has 0 atom stereocenters. The van der Waals surface area contributed by atoms with Gasteiger partial charge in [0.2, 0.25) is 17.6 Å². The van der Waals surface area contributed by atoms with Crippen molar-refractivity contribution in [1.82, 2.24) is 25.1 Å². The molecule has 0 saturated heterocycles. The molecular formula is C20H22N6O2. The lowest BCUT2D eigenvalue weighted by Crippen LogP contribution is -2.37. The fourth-order valence-corrected chi connectivity index (χ4v) is 2.70. The standard InChI is InChI=1S/C20H22N6O2/c1-3-15-9-7-8-12-17(15)21-18(27)13-25(2)19(28)14-26-23-20(22-24-26)16-10-5-4-6-11-16/h4-12H,3,13-14H2,1-2H3,(H,21,27). The van der Waals surface area contributed by atoms with E-state index in [0.29, 0.717) is 5.82 Å². The number of tetrazole rings is 1. The molecule has 2 amide bonds. The van der Waals surface area contributed by atoms with Crippen LogP contribution in [0.25, 0.3) is 11.4 Å². The van der Waals surface area contributed by atoms with Crippen molar-refractivity contribution >= 4 is 17.5 Å². The quantitative estimate of drug-likeness (QED) is 0.679. The monoisotopic (exact) mass is 378 g/mol. The molecule has 0 saturated carbocycles. The predicted molar refractivity (Wildman–Crippen MR) is 105 cm³/mol. The Morgan fingerprint density at radius 1 is 1.07 bits per heavy atom. The number of benzene rings is 2. The summed E-state index contributed by atoms with van der Waals surface area (Å²) in [5, 5.41) is 15.0. The van der Waals surface area contributed by atoms with Gasteiger partial charge in [-0.3, -0.25) is 9.59 Å². The number of carbonyl (C=O) groups excluding carboxylic acids is 2. The van der Waals surface area contributed by atoms with Gasteiger partial charge in [0.1, 0.15) is 6.54 Å². The van der Waals surface area contributed by atoms with Crippen LogP contribution in [0.2, 0.25) is 0 Å². The number of nitrogens with zero attached hydrogens (tertiary/aromatic N) is 5. The molecular weight excluding hydrogens is 356 g/mol. The van der Waals surface area contributed by atoms with E-state index in [1.54, 1.807) is 7.05 Å². The Morgan fingerprint density at radius 3 is 2.54 bits per heavy atom. The molecule has 0 aliphatic carbocycles. The molecule has 1 heterocycles. The lowest BCUT2D eigenvalue weighted by Gasteiger charge is -2.17. The summed E-state index contributed by atoms with van der Waals surface area (Å²) in [5.41, 5.74) is 2.63. The van der Waals surface area contributed by atoms with Crippen molar-refractivity contribution in [3.8, 4) is 11.4 Å². The highest BCUT2D eigenvalue weighted by Crippen LogP contribution is 2.15. The van der Waals surface area contributed by atoms with E-state index in [9.17, 15) is 9.59 Å². The molecule has 144 valence electrons. The summed E-state index contributed by atoms with van der Waals surface area (Å²) in [7, 11) is 1.57. The maximum absolute atomic E-state index is 12.4. The lowest BCUT2D eigenvalue weighted by atomic mass is 10.1. The van der Waals surface area contributed by atoms with Gasteiger partial charge < -0.3 is 10.2 Å². The maximum Gasteiger partial charge on any atom is 0.246 e. The summed E-state index contributed by atoms with van der Waals surface area (Å²) in [4.78, 5) is 27.2. The molecule has 0 aliphatic heterocycles. The molecule has 3 rings (SSSR count). The van der Waals surface area contributed by atoms with Crippen molar-refractivity contribution in [2.75, 3.05) is 18.9 Å². The van der Waals surface area contributed by atoms with Crippen molar-refractivity contribution in [2.45, 2.75) is 19.9 Å². The molecule has 0 aliphatic rings. The van der Waals surface area contributed by atoms with Gasteiger partial charge in [0.05, 0.1) is 6.54 Å². The Hall–Kier alpha value is -3.55. The third kappa shape index (κ3) is 4.79. The summed E-state index contributed by atoms with van der Waals surface area (Å²) >= 11 is 0. The number of anilines is 1. The summed E-state index contributed by atoms with van der Waals surface area (Å²) < 4.78 is 0.